The number of aliphatic carboxylic acids is 1. The zero-order valence-electron chi connectivity index (χ0n) is 11.4. The first-order chi connectivity index (χ1) is 9.34. The third kappa shape index (κ3) is 2.11. The first kappa shape index (κ1) is 14.0. The van der Waals surface area contributed by atoms with Gasteiger partial charge in [-0.1, -0.05) is 13.8 Å². The number of aromatic amines is 1. The van der Waals surface area contributed by atoms with E-state index < -0.39 is 29.2 Å². The number of H-pyrrole nitrogens is 1. The van der Waals surface area contributed by atoms with Gasteiger partial charge in [0.05, 0.1) is 17.1 Å². The van der Waals surface area contributed by atoms with Crippen molar-refractivity contribution in [3.8, 4) is 0 Å². The zero-order chi connectivity index (χ0) is 15.0. The van der Waals surface area contributed by atoms with Gasteiger partial charge in [-0.25, -0.2) is 14.2 Å². The number of nitrogens with one attached hydrogen (secondary N) is 1. The van der Waals surface area contributed by atoms with Gasteiger partial charge in [-0.05, 0) is 18.4 Å². The predicted molar refractivity (Wildman–Crippen MR) is 72.9 cm³/mol. The number of carboxylic acid groups (broad SMARTS) is 1. The number of carboxylic acids is 1. The van der Waals surface area contributed by atoms with Crippen LogP contribution in [0.25, 0.3) is 10.9 Å². The van der Waals surface area contributed by atoms with Crippen molar-refractivity contribution in [2.75, 3.05) is 0 Å². The summed E-state index contributed by atoms with van der Waals surface area (Å²) in [7, 11) is 0. The molecule has 0 radical (unpaired) electrons. The molecule has 0 aliphatic carbocycles. The Labute approximate surface area is 113 Å². The van der Waals surface area contributed by atoms with Crippen molar-refractivity contribution in [2.24, 2.45) is 5.92 Å². The normalized spacial score (nSPS) is 12.8. The van der Waals surface area contributed by atoms with Crippen LogP contribution in [0.5, 0.6) is 0 Å². The van der Waals surface area contributed by atoms with E-state index in [1.54, 1.807) is 20.8 Å². The van der Waals surface area contributed by atoms with Crippen LogP contribution in [0.15, 0.2) is 22.0 Å². The number of fused-ring (bicyclic) bond motifs is 1. The second-order valence-electron chi connectivity index (χ2n) is 5.01. The fraction of sp³-hybridized carbons (Fsp3) is 0.385. The molecule has 20 heavy (non-hydrogen) atoms. The van der Waals surface area contributed by atoms with Gasteiger partial charge in [-0.3, -0.25) is 9.78 Å². The topological polar surface area (TPSA) is 105 Å². The van der Waals surface area contributed by atoms with Crippen molar-refractivity contribution in [1.82, 2.24) is 14.5 Å². The predicted octanol–water partition coefficient (Wildman–Crippen LogP) is 0.675. The molecule has 0 saturated heterocycles. The largest absolute Gasteiger partial charge is 0.480 e. The highest BCUT2D eigenvalue weighted by Gasteiger charge is 2.27. The van der Waals surface area contributed by atoms with E-state index in [1.165, 1.54) is 12.4 Å². The van der Waals surface area contributed by atoms with Gasteiger partial charge in [0.2, 0.25) is 0 Å². The molecule has 0 saturated carbocycles. The lowest BCUT2D eigenvalue weighted by atomic mass is 10.0. The maximum Gasteiger partial charge on any atom is 0.329 e. The van der Waals surface area contributed by atoms with Crippen molar-refractivity contribution >= 4 is 16.9 Å². The molecule has 106 valence electrons. The molecule has 1 unspecified atom stereocenters. The minimum Gasteiger partial charge on any atom is -0.480 e. The highest BCUT2D eigenvalue weighted by atomic mass is 16.4. The molecule has 7 nitrogen and oxygen atoms in total. The summed E-state index contributed by atoms with van der Waals surface area (Å²) in [6.45, 7) is 4.98. The summed E-state index contributed by atoms with van der Waals surface area (Å²) in [6, 6.07) is -1.21. The van der Waals surface area contributed by atoms with Gasteiger partial charge >= 0.3 is 11.7 Å². The molecule has 0 aliphatic rings. The second-order valence-corrected chi connectivity index (χ2v) is 5.01. The first-order valence-corrected chi connectivity index (χ1v) is 6.16. The molecule has 2 N–H and O–H groups in total. The molecule has 0 spiro atoms. The van der Waals surface area contributed by atoms with E-state index in [2.05, 4.69) is 9.97 Å². The molecule has 2 rings (SSSR count). The van der Waals surface area contributed by atoms with Crippen LogP contribution >= 0.6 is 0 Å². The van der Waals surface area contributed by atoms with Crippen LogP contribution in [-0.2, 0) is 4.79 Å². The van der Waals surface area contributed by atoms with Crippen LogP contribution in [0.1, 0.15) is 25.5 Å². The smallest absolute Gasteiger partial charge is 0.329 e. The first-order valence-electron chi connectivity index (χ1n) is 6.16. The van der Waals surface area contributed by atoms with Gasteiger partial charge in [-0.15, -0.1) is 0 Å². The van der Waals surface area contributed by atoms with Crippen LogP contribution in [0.2, 0.25) is 0 Å². The Hall–Kier alpha value is -2.44. The Balaban J connectivity index is 2.91. The number of carbonyl (C=O) groups is 1. The second kappa shape index (κ2) is 4.92. The molecule has 0 fully saturated rings. The highest BCUT2D eigenvalue weighted by Crippen LogP contribution is 2.16. The van der Waals surface area contributed by atoms with Crippen molar-refractivity contribution in [2.45, 2.75) is 26.8 Å². The van der Waals surface area contributed by atoms with Crippen LogP contribution in [0.4, 0.5) is 0 Å². The summed E-state index contributed by atoms with van der Waals surface area (Å²) in [6.07, 6.45) is 2.87. The fourth-order valence-corrected chi connectivity index (χ4v) is 2.28. The van der Waals surface area contributed by atoms with Crippen molar-refractivity contribution in [3.05, 3.63) is 38.8 Å². The Morgan fingerprint density at radius 2 is 2.00 bits per heavy atom. The van der Waals surface area contributed by atoms with Gasteiger partial charge in [0.25, 0.3) is 5.56 Å². The number of pyridine rings is 1. The Morgan fingerprint density at radius 1 is 1.35 bits per heavy atom. The third-order valence-corrected chi connectivity index (χ3v) is 3.19. The molecule has 2 aromatic heterocycles. The number of rotatable bonds is 3. The van der Waals surface area contributed by atoms with Crippen molar-refractivity contribution in [3.63, 3.8) is 0 Å². The number of aryl methyl sites for hydroxylation is 1. The van der Waals surface area contributed by atoms with E-state index in [9.17, 15) is 19.5 Å². The average Bonchev–Trinajstić information content (AvgIpc) is 2.32. The summed E-state index contributed by atoms with van der Waals surface area (Å²) < 4.78 is 0.766. The highest BCUT2D eigenvalue weighted by molar-refractivity contribution is 5.80. The molecule has 2 aromatic rings. The minimum absolute atomic E-state index is 0.284. The standard InChI is InChI=1S/C13H15N3O4/c1-6(2)10(12(18)19)16-11(17)9-7(3)4-14-5-8(9)15-13(16)20/h4-6,10H,1-3H3,(H,15,20)(H,18,19). The summed E-state index contributed by atoms with van der Waals surface area (Å²) in [5.74, 6) is -1.61. The van der Waals surface area contributed by atoms with Crippen LogP contribution in [-0.4, -0.2) is 25.6 Å². The van der Waals surface area contributed by atoms with Gasteiger partial charge in [0.15, 0.2) is 0 Å². The summed E-state index contributed by atoms with van der Waals surface area (Å²) in [5.41, 5.74) is -0.449. The molecule has 7 heteroatoms. The van der Waals surface area contributed by atoms with Crippen molar-refractivity contribution in [1.29, 1.82) is 0 Å². The SMILES string of the molecule is Cc1cncc2[nH]c(=O)n(C(C(=O)O)C(C)C)c(=O)c12. The lowest BCUT2D eigenvalue weighted by Gasteiger charge is -2.18. The van der Waals surface area contributed by atoms with E-state index in [-0.39, 0.29) is 5.39 Å². The number of hydrogen-bond donors (Lipinski definition) is 2. The number of nitrogens with zero attached hydrogens (tertiary/aromatic N) is 2. The monoisotopic (exact) mass is 277 g/mol. The number of aromatic nitrogens is 3. The van der Waals surface area contributed by atoms with Gasteiger partial charge < -0.3 is 10.1 Å². The van der Waals surface area contributed by atoms with E-state index in [1.807, 2.05) is 0 Å². The van der Waals surface area contributed by atoms with Gasteiger partial charge in [0, 0.05) is 6.20 Å². The molecule has 0 aliphatic heterocycles. The molecule has 1 atom stereocenters. The minimum atomic E-state index is -1.21. The third-order valence-electron chi connectivity index (χ3n) is 3.19. The Kier molecular flexibility index (Phi) is 3.44. The molecule has 0 bridgehead atoms. The summed E-state index contributed by atoms with van der Waals surface area (Å²) >= 11 is 0. The molecular weight excluding hydrogens is 262 g/mol. The van der Waals surface area contributed by atoms with Gasteiger partial charge in [-0.2, -0.15) is 0 Å². The number of hydrogen-bond acceptors (Lipinski definition) is 4. The Bertz CT molecular complexity index is 788. The lowest BCUT2D eigenvalue weighted by Crippen LogP contribution is -2.43. The van der Waals surface area contributed by atoms with E-state index >= 15 is 0 Å². The van der Waals surface area contributed by atoms with Crippen LogP contribution in [0.3, 0.4) is 0 Å². The quantitative estimate of drug-likeness (QED) is 0.858. The molecular formula is C13H15N3O4. The summed E-state index contributed by atoms with van der Waals surface area (Å²) in [4.78, 5) is 42.3. The van der Waals surface area contributed by atoms with E-state index in [4.69, 9.17) is 0 Å². The average molecular weight is 277 g/mol. The van der Waals surface area contributed by atoms with E-state index in [0.717, 1.165) is 4.57 Å². The maximum absolute atomic E-state index is 12.5. The zero-order valence-corrected chi connectivity index (χ0v) is 11.4. The lowest BCUT2D eigenvalue weighted by molar-refractivity contribution is -0.142. The fourth-order valence-electron chi connectivity index (χ4n) is 2.28. The van der Waals surface area contributed by atoms with Gasteiger partial charge in [0.1, 0.15) is 6.04 Å². The maximum atomic E-state index is 12.5. The molecule has 0 amide bonds. The molecule has 0 aromatic carbocycles. The van der Waals surface area contributed by atoms with Crippen LogP contribution < -0.4 is 11.2 Å². The van der Waals surface area contributed by atoms with E-state index in [0.29, 0.717) is 11.1 Å². The molecule has 2 heterocycles. The van der Waals surface area contributed by atoms with Crippen molar-refractivity contribution < 1.29 is 9.90 Å². The summed E-state index contributed by atoms with van der Waals surface area (Å²) in [5, 5.41) is 9.55. The van der Waals surface area contributed by atoms with Crippen LogP contribution in [0, 0.1) is 12.8 Å². The Morgan fingerprint density at radius 3 is 2.55 bits per heavy atom.